The first-order valence-corrected chi connectivity index (χ1v) is 9.58. The van der Waals surface area contributed by atoms with E-state index in [2.05, 4.69) is 11.4 Å². The molecule has 0 spiro atoms. The fourth-order valence-electron chi connectivity index (χ4n) is 4.31. The second-order valence-electron chi connectivity index (χ2n) is 7.15. The standard InChI is InChI=1S/C19H17FN2O2S/c20-12-3-4-15-14(9-12)18(23)19(24)22(15)10-21-7-5-16-13(6-8-25-16)17(21)11-1-2-11/h3-4,6,8-9,11,17H,1-2,5,7,10H2/p+1/t17-/m0/s1. The Morgan fingerprint density at radius 3 is 2.88 bits per heavy atom. The van der Waals surface area contributed by atoms with E-state index in [9.17, 15) is 14.0 Å². The lowest BCUT2D eigenvalue weighted by molar-refractivity contribution is -0.935. The Labute approximate surface area is 148 Å². The topological polar surface area (TPSA) is 41.8 Å². The second kappa shape index (κ2) is 5.47. The summed E-state index contributed by atoms with van der Waals surface area (Å²) in [6.45, 7) is 1.43. The maximum atomic E-state index is 13.5. The van der Waals surface area contributed by atoms with E-state index >= 15 is 0 Å². The van der Waals surface area contributed by atoms with Gasteiger partial charge in [-0.1, -0.05) is 0 Å². The van der Waals surface area contributed by atoms with Gasteiger partial charge < -0.3 is 4.90 Å². The zero-order chi connectivity index (χ0) is 17.1. The van der Waals surface area contributed by atoms with Gasteiger partial charge in [-0.05, 0) is 42.5 Å². The minimum Gasteiger partial charge on any atom is -0.311 e. The van der Waals surface area contributed by atoms with Crippen molar-refractivity contribution in [2.75, 3.05) is 18.1 Å². The van der Waals surface area contributed by atoms with Gasteiger partial charge in [0.15, 0.2) is 6.67 Å². The van der Waals surface area contributed by atoms with E-state index in [1.165, 1.54) is 40.3 Å². The number of anilines is 1. The van der Waals surface area contributed by atoms with Crippen molar-refractivity contribution in [3.63, 3.8) is 0 Å². The van der Waals surface area contributed by atoms with Crippen LogP contribution < -0.4 is 9.80 Å². The number of fused-ring (bicyclic) bond motifs is 2. The molecular formula is C19H18FN2O2S+. The number of halogens is 1. The molecule has 5 rings (SSSR count). The molecule has 0 radical (unpaired) electrons. The average molecular weight is 357 g/mol. The van der Waals surface area contributed by atoms with Crippen LogP contribution in [0, 0.1) is 11.7 Å². The third-order valence-electron chi connectivity index (χ3n) is 5.62. The number of thiophene rings is 1. The first-order valence-electron chi connectivity index (χ1n) is 8.70. The van der Waals surface area contributed by atoms with Crippen molar-refractivity contribution in [3.05, 3.63) is 51.5 Å². The molecule has 0 saturated heterocycles. The van der Waals surface area contributed by atoms with Crippen molar-refractivity contribution < 1.29 is 18.9 Å². The third kappa shape index (κ3) is 2.35. The van der Waals surface area contributed by atoms with Gasteiger partial charge in [-0.3, -0.25) is 14.5 Å². The molecule has 1 amide bonds. The molecule has 25 heavy (non-hydrogen) atoms. The number of hydrogen-bond acceptors (Lipinski definition) is 3. The molecule has 3 aliphatic rings. The maximum Gasteiger partial charge on any atom is 0.303 e. The minimum atomic E-state index is -0.592. The van der Waals surface area contributed by atoms with Gasteiger partial charge in [-0.25, -0.2) is 4.39 Å². The van der Waals surface area contributed by atoms with Crippen LogP contribution >= 0.6 is 11.3 Å². The van der Waals surface area contributed by atoms with Gasteiger partial charge in [0.1, 0.15) is 11.9 Å². The summed E-state index contributed by atoms with van der Waals surface area (Å²) >= 11 is 1.82. The SMILES string of the molecule is O=C1C(=O)N(C[NH+]2CCc3sccc3[C@@H]2C2CC2)c2ccc(F)cc21. The molecule has 0 bridgehead atoms. The molecule has 2 atom stereocenters. The molecule has 1 unspecified atom stereocenters. The molecule has 1 saturated carbocycles. The molecule has 128 valence electrons. The van der Waals surface area contributed by atoms with Crippen LogP contribution in [-0.4, -0.2) is 24.9 Å². The number of ketones is 1. The summed E-state index contributed by atoms with van der Waals surface area (Å²) in [6.07, 6.45) is 3.48. The van der Waals surface area contributed by atoms with Gasteiger partial charge in [-0.15, -0.1) is 11.3 Å². The van der Waals surface area contributed by atoms with Crippen molar-refractivity contribution in [2.45, 2.75) is 25.3 Å². The number of hydrogen-bond donors (Lipinski definition) is 1. The first kappa shape index (κ1) is 15.2. The van der Waals surface area contributed by atoms with Crippen LogP contribution in [0.5, 0.6) is 0 Å². The largest absolute Gasteiger partial charge is 0.311 e. The molecule has 4 nitrogen and oxygen atoms in total. The van der Waals surface area contributed by atoms with Crippen molar-refractivity contribution in [1.82, 2.24) is 0 Å². The predicted molar refractivity (Wildman–Crippen MR) is 92.4 cm³/mol. The van der Waals surface area contributed by atoms with E-state index in [0.29, 0.717) is 24.3 Å². The number of rotatable bonds is 3. The van der Waals surface area contributed by atoms with E-state index in [1.54, 1.807) is 11.0 Å². The van der Waals surface area contributed by atoms with Crippen LogP contribution in [0.25, 0.3) is 0 Å². The monoisotopic (exact) mass is 357 g/mol. The van der Waals surface area contributed by atoms with Crippen LogP contribution in [0.15, 0.2) is 29.6 Å². The van der Waals surface area contributed by atoms with Gasteiger partial charge >= 0.3 is 5.91 Å². The highest BCUT2D eigenvalue weighted by Crippen LogP contribution is 2.42. The van der Waals surface area contributed by atoms with Crippen LogP contribution in [0.4, 0.5) is 10.1 Å². The Hall–Kier alpha value is -2.05. The summed E-state index contributed by atoms with van der Waals surface area (Å²) in [6, 6.07) is 6.68. The summed E-state index contributed by atoms with van der Waals surface area (Å²) in [5.41, 5.74) is 2.17. The van der Waals surface area contributed by atoms with Crippen LogP contribution in [0.1, 0.15) is 39.7 Å². The van der Waals surface area contributed by atoms with Crippen molar-refractivity contribution in [3.8, 4) is 0 Å². The van der Waals surface area contributed by atoms with Gasteiger partial charge in [0.25, 0.3) is 5.78 Å². The highest BCUT2D eigenvalue weighted by Gasteiger charge is 2.46. The Morgan fingerprint density at radius 2 is 2.08 bits per heavy atom. The molecule has 1 aliphatic carbocycles. The van der Waals surface area contributed by atoms with Gasteiger partial charge in [0.05, 0.1) is 17.8 Å². The molecule has 2 aliphatic heterocycles. The third-order valence-corrected chi connectivity index (χ3v) is 6.61. The lowest BCUT2D eigenvalue weighted by Crippen LogP contribution is -3.15. The zero-order valence-corrected chi connectivity index (χ0v) is 14.4. The molecule has 1 aromatic heterocycles. The number of nitrogens with one attached hydrogen (secondary N) is 1. The Kier molecular flexibility index (Phi) is 3.33. The molecule has 1 N–H and O–H groups in total. The zero-order valence-electron chi connectivity index (χ0n) is 13.6. The van der Waals surface area contributed by atoms with Gasteiger partial charge in [-0.2, -0.15) is 0 Å². The summed E-state index contributed by atoms with van der Waals surface area (Å²) in [7, 11) is 0. The van der Waals surface area contributed by atoms with E-state index in [0.717, 1.165) is 13.0 Å². The molecular weight excluding hydrogens is 339 g/mol. The number of nitrogens with zero attached hydrogens (tertiary/aromatic N) is 1. The lowest BCUT2D eigenvalue weighted by atomic mass is 9.96. The van der Waals surface area contributed by atoms with E-state index in [4.69, 9.17) is 0 Å². The minimum absolute atomic E-state index is 0.195. The van der Waals surface area contributed by atoms with Crippen LogP contribution in [0.3, 0.4) is 0 Å². The van der Waals surface area contributed by atoms with Gasteiger partial charge in [0, 0.05) is 22.8 Å². The summed E-state index contributed by atoms with van der Waals surface area (Å²) in [4.78, 5) is 29.1. The predicted octanol–water partition coefficient (Wildman–Crippen LogP) is 1.97. The van der Waals surface area contributed by atoms with E-state index in [-0.39, 0.29) is 5.56 Å². The number of Topliss-reactive ketones (excluding diaryl/α,β-unsaturated/α-hetero) is 1. The normalized spacial score (nSPS) is 25.2. The number of amides is 1. The maximum absolute atomic E-state index is 13.5. The molecule has 1 aromatic carbocycles. The quantitative estimate of drug-likeness (QED) is 0.854. The fourth-order valence-corrected chi connectivity index (χ4v) is 5.24. The van der Waals surface area contributed by atoms with Gasteiger partial charge in [0.2, 0.25) is 0 Å². The number of carbonyl (C=O) groups is 2. The smallest absolute Gasteiger partial charge is 0.303 e. The average Bonchev–Trinajstić information content (AvgIpc) is 3.29. The van der Waals surface area contributed by atoms with Crippen molar-refractivity contribution in [1.29, 1.82) is 0 Å². The Morgan fingerprint density at radius 1 is 1.24 bits per heavy atom. The number of benzene rings is 1. The second-order valence-corrected chi connectivity index (χ2v) is 8.16. The molecule has 1 fully saturated rings. The Balaban J connectivity index is 1.48. The van der Waals surface area contributed by atoms with Crippen molar-refractivity contribution in [2.24, 2.45) is 5.92 Å². The molecule has 6 heteroatoms. The summed E-state index contributed by atoms with van der Waals surface area (Å²) < 4.78 is 13.5. The Bertz CT molecular complexity index is 889. The van der Waals surface area contributed by atoms with Crippen molar-refractivity contribution >= 4 is 28.7 Å². The number of carbonyl (C=O) groups excluding carboxylic acids is 2. The summed E-state index contributed by atoms with van der Waals surface area (Å²) in [5.74, 6) is -0.931. The van der Waals surface area contributed by atoms with E-state index in [1.807, 2.05) is 11.3 Å². The molecule has 2 aromatic rings. The van der Waals surface area contributed by atoms with Crippen LogP contribution in [0.2, 0.25) is 0 Å². The highest BCUT2D eigenvalue weighted by atomic mass is 32.1. The summed E-state index contributed by atoms with van der Waals surface area (Å²) in [5, 5.41) is 2.16. The first-order chi connectivity index (χ1) is 12.1. The lowest BCUT2D eigenvalue weighted by Gasteiger charge is -2.35. The fraction of sp³-hybridized carbons (Fsp3) is 0.368. The number of quaternary nitrogens is 1. The van der Waals surface area contributed by atoms with Crippen LogP contribution in [-0.2, 0) is 11.2 Å². The molecule has 3 heterocycles. The van der Waals surface area contributed by atoms with E-state index < -0.39 is 17.5 Å². The highest BCUT2D eigenvalue weighted by molar-refractivity contribution is 7.10.